The highest BCUT2D eigenvalue weighted by atomic mass is 16.5. The summed E-state index contributed by atoms with van der Waals surface area (Å²) in [5, 5.41) is 6.46. The number of hydrogen-bond donors (Lipinski definition) is 2. The molecule has 7 heteroatoms. The predicted molar refractivity (Wildman–Crippen MR) is 135 cm³/mol. The first-order valence-corrected chi connectivity index (χ1v) is 11.7. The smallest absolute Gasteiger partial charge is 0.338 e. The molecule has 3 aromatic rings. The number of hydrogen-bond acceptors (Lipinski definition) is 5. The molecule has 0 saturated carbocycles. The van der Waals surface area contributed by atoms with Crippen LogP contribution in [-0.4, -0.2) is 23.8 Å². The molecular formula is C28H27N3O4. The lowest BCUT2D eigenvalue weighted by Gasteiger charge is -2.40. The zero-order chi connectivity index (χ0) is 24.7. The third-order valence-corrected chi connectivity index (χ3v) is 6.56. The molecule has 2 amide bonds. The van der Waals surface area contributed by atoms with Crippen molar-refractivity contribution >= 4 is 34.8 Å². The lowest BCUT2D eigenvalue weighted by Crippen LogP contribution is -2.43. The Morgan fingerprint density at radius 1 is 0.971 bits per heavy atom. The first-order chi connectivity index (χ1) is 16.8. The van der Waals surface area contributed by atoms with Crippen molar-refractivity contribution in [2.24, 2.45) is 0 Å². The molecular weight excluding hydrogens is 442 g/mol. The average Bonchev–Trinajstić information content (AvgIpc) is 3.18. The van der Waals surface area contributed by atoms with E-state index >= 15 is 0 Å². The van der Waals surface area contributed by atoms with Crippen LogP contribution in [0.25, 0.3) is 11.1 Å². The van der Waals surface area contributed by atoms with E-state index in [9.17, 15) is 14.4 Å². The Morgan fingerprint density at radius 2 is 1.77 bits per heavy atom. The van der Waals surface area contributed by atoms with E-state index in [1.165, 1.54) is 6.92 Å². The van der Waals surface area contributed by atoms with Gasteiger partial charge < -0.3 is 20.3 Å². The van der Waals surface area contributed by atoms with Crippen LogP contribution >= 0.6 is 0 Å². The highest BCUT2D eigenvalue weighted by Gasteiger charge is 2.33. The molecule has 2 N–H and O–H groups in total. The Morgan fingerprint density at radius 3 is 2.54 bits per heavy atom. The highest BCUT2D eigenvalue weighted by Crippen LogP contribution is 2.41. The van der Waals surface area contributed by atoms with Crippen molar-refractivity contribution in [1.29, 1.82) is 0 Å². The fourth-order valence-corrected chi connectivity index (χ4v) is 5.06. The van der Waals surface area contributed by atoms with Crippen molar-refractivity contribution in [2.75, 3.05) is 15.5 Å². The van der Waals surface area contributed by atoms with E-state index in [0.29, 0.717) is 5.56 Å². The quantitative estimate of drug-likeness (QED) is 0.508. The molecule has 0 bridgehead atoms. The summed E-state index contributed by atoms with van der Waals surface area (Å²) in [5.41, 5.74) is 6.99. The van der Waals surface area contributed by atoms with Gasteiger partial charge in [0.25, 0.3) is 0 Å². The molecule has 0 unspecified atom stereocenters. The van der Waals surface area contributed by atoms with Gasteiger partial charge in [0.15, 0.2) is 0 Å². The second-order valence-electron chi connectivity index (χ2n) is 9.15. The molecule has 5 rings (SSSR count). The van der Waals surface area contributed by atoms with Crippen LogP contribution < -0.4 is 15.5 Å². The number of carbonyl (C=O) groups is 3. The van der Waals surface area contributed by atoms with Gasteiger partial charge in [-0.1, -0.05) is 18.2 Å². The predicted octanol–water partition coefficient (Wildman–Crippen LogP) is 5.28. The maximum absolute atomic E-state index is 12.5. The number of carbonyl (C=O) groups excluding carboxylic acids is 3. The number of anilines is 3. The number of fused-ring (bicyclic) bond motifs is 2. The zero-order valence-electron chi connectivity index (χ0n) is 19.9. The summed E-state index contributed by atoms with van der Waals surface area (Å²) in [7, 11) is 0. The van der Waals surface area contributed by atoms with E-state index in [1.807, 2.05) is 53.4 Å². The van der Waals surface area contributed by atoms with E-state index in [2.05, 4.69) is 23.6 Å². The molecule has 7 nitrogen and oxygen atoms in total. The molecule has 2 heterocycles. The topological polar surface area (TPSA) is 87.7 Å². The van der Waals surface area contributed by atoms with Crippen LogP contribution in [0.4, 0.5) is 17.1 Å². The van der Waals surface area contributed by atoms with E-state index in [-0.39, 0.29) is 36.5 Å². The number of cyclic esters (lactones) is 1. The summed E-state index contributed by atoms with van der Waals surface area (Å²) in [4.78, 5) is 37.7. The van der Waals surface area contributed by atoms with E-state index in [4.69, 9.17) is 4.74 Å². The number of nitrogens with zero attached hydrogens (tertiary/aromatic N) is 1. The second-order valence-corrected chi connectivity index (χ2v) is 9.15. The Labute approximate surface area is 204 Å². The standard InChI is InChI=1S/C28H27N3O4/c1-16-11-26(30-23-8-9-24-21(13-23)15-35-28(24)34)25-14-20(7-10-27(25)31(16)18(3)33)19-5-4-6-22(12-19)29-17(2)32/h4-10,12-14,16,26,30H,11,15H2,1-3H3,(H,29,32)/t16-,26+/m0/s1. The molecule has 178 valence electrons. The number of ether oxygens (including phenoxy) is 1. The molecule has 2 aliphatic rings. The monoisotopic (exact) mass is 469 g/mol. The fraction of sp³-hybridized carbons (Fsp3) is 0.250. The van der Waals surface area contributed by atoms with Crippen molar-refractivity contribution in [3.05, 3.63) is 77.4 Å². The van der Waals surface area contributed by atoms with Crippen LogP contribution in [0, 0.1) is 0 Å². The zero-order valence-corrected chi connectivity index (χ0v) is 19.9. The molecule has 35 heavy (non-hydrogen) atoms. The van der Waals surface area contributed by atoms with E-state index < -0.39 is 0 Å². The summed E-state index contributed by atoms with van der Waals surface area (Å²) < 4.78 is 5.14. The lowest BCUT2D eigenvalue weighted by atomic mass is 9.88. The Kier molecular flexibility index (Phi) is 5.76. The Bertz CT molecular complexity index is 1350. The summed E-state index contributed by atoms with van der Waals surface area (Å²) in [5.74, 6) is -0.401. The normalized spacial score (nSPS) is 18.4. The third-order valence-electron chi connectivity index (χ3n) is 6.56. The van der Waals surface area contributed by atoms with Crippen LogP contribution in [0.5, 0.6) is 0 Å². The van der Waals surface area contributed by atoms with Crippen LogP contribution in [0.1, 0.15) is 54.7 Å². The number of esters is 1. The first kappa shape index (κ1) is 22.7. The molecule has 0 aromatic heterocycles. The third kappa shape index (κ3) is 4.37. The molecule has 3 aromatic carbocycles. The minimum absolute atomic E-state index is 0.00537. The van der Waals surface area contributed by atoms with Gasteiger partial charge in [0, 0.05) is 42.5 Å². The second kappa shape index (κ2) is 8.91. The molecule has 0 fully saturated rings. The van der Waals surface area contributed by atoms with Gasteiger partial charge in [0.1, 0.15) is 6.61 Å². The number of benzene rings is 3. The van der Waals surface area contributed by atoms with Gasteiger partial charge >= 0.3 is 5.97 Å². The minimum atomic E-state index is -0.286. The molecule has 2 atom stereocenters. The summed E-state index contributed by atoms with van der Waals surface area (Å²) in [6.45, 7) is 5.42. The average molecular weight is 470 g/mol. The van der Waals surface area contributed by atoms with Gasteiger partial charge in [-0.05, 0) is 72.5 Å². The van der Waals surface area contributed by atoms with Crippen molar-refractivity contribution < 1.29 is 19.1 Å². The SMILES string of the molecule is CC(=O)Nc1cccc(-c2ccc3c(c2)[C@H](Nc2ccc4c(c2)COC4=O)C[C@H](C)N3C(C)=O)c1. The summed E-state index contributed by atoms with van der Waals surface area (Å²) >= 11 is 0. The van der Waals surface area contributed by atoms with E-state index in [0.717, 1.165) is 45.7 Å². The van der Waals surface area contributed by atoms with Gasteiger partial charge in [0.2, 0.25) is 11.8 Å². The van der Waals surface area contributed by atoms with Crippen molar-refractivity contribution in [2.45, 2.75) is 45.9 Å². The van der Waals surface area contributed by atoms with Crippen LogP contribution in [0.2, 0.25) is 0 Å². The van der Waals surface area contributed by atoms with Crippen molar-refractivity contribution in [1.82, 2.24) is 0 Å². The summed E-state index contributed by atoms with van der Waals surface area (Å²) in [6.07, 6.45) is 0.731. The Balaban J connectivity index is 1.53. The molecule has 0 aliphatic carbocycles. The van der Waals surface area contributed by atoms with Gasteiger partial charge in [-0.25, -0.2) is 4.79 Å². The summed E-state index contributed by atoms with van der Waals surface area (Å²) in [6, 6.07) is 19.5. The first-order valence-electron chi connectivity index (χ1n) is 11.7. The van der Waals surface area contributed by atoms with Crippen LogP contribution in [-0.2, 0) is 20.9 Å². The van der Waals surface area contributed by atoms with Gasteiger partial charge in [-0.15, -0.1) is 0 Å². The molecule has 0 spiro atoms. The molecule has 0 saturated heterocycles. The van der Waals surface area contributed by atoms with Crippen molar-refractivity contribution in [3.63, 3.8) is 0 Å². The number of nitrogens with one attached hydrogen (secondary N) is 2. The largest absolute Gasteiger partial charge is 0.457 e. The fourth-order valence-electron chi connectivity index (χ4n) is 5.06. The van der Waals surface area contributed by atoms with Crippen molar-refractivity contribution in [3.8, 4) is 11.1 Å². The number of rotatable bonds is 4. The van der Waals surface area contributed by atoms with Gasteiger partial charge in [-0.2, -0.15) is 0 Å². The number of amides is 2. The van der Waals surface area contributed by atoms with Crippen LogP contribution in [0.15, 0.2) is 60.7 Å². The van der Waals surface area contributed by atoms with Crippen LogP contribution in [0.3, 0.4) is 0 Å². The highest BCUT2D eigenvalue weighted by molar-refractivity contribution is 5.95. The molecule has 2 aliphatic heterocycles. The minimum Gasteiger partial charge on any atom is -0.457 e. The molecule has 0 radical (unpaired) electrons. The van der Waals surface area contributed by atoms with Gasteiger partial charge in [-0.3, -0.25) is 9.59 Å². The maximum atomic E-state index is 12.5. The Hall–Kier alpha value is -4.13. The lowest BCUT2D eigenvalue weighted by molar-refractivity contribution is -0.117. The van der Waals surface area contributed by atoms with Gasteiger partial charge in [0.05, 0.1) is 11.6 Å². The van der Waals surface area contributed by atoms with E-state index in [1.54, 1.807) is 13.0 Å². The maximum Gasteiger partial charge on any atom is 0.338 e.